The number of fused-ring (bicyclic) bond motifs is 1. The van der Waals surface area contributed by atoms with Crippen molar-refractivity contribution in [1.82, 2.24) is 15.1 Å². The Kier molecular flexibility index (Phi) is 8.35. The summed E-state index contributed by atoms with van der Waals surface area (Å²) in [5, 5.41) is 4.93. The van der Waals surface area contributed by atoms with Crippen molar-refractivity contribution in [3.63, 3.8) is 0 Å². The first kappa shape index (κ1) is 23.1. The summed E-state index contributed by atoms with van der Waals surface area (Å²) < 4.78 is 6.04. The van der Waals surface area contributed by atoms with Crippen molar-refractivity contribution in [3.05, 3.63) is 52.2 Å². The Labute approximate surface area is 189 Å². The van der Waals surface area contributed by atoms with E-state index < -0.39 is 0 Å². The molecule has 2 heterocycles. The lowest BCUT2D eigenvalue weighted by atomic mass is 10.00. The Hall–Kier alpha value is -2.54. The summed E-state index contributed by atoms with van der Waals surface area (Å²) in [7, 11) is 0. The van der Waals surface area contributed by atoms with E-state index in [1.165, 1.54) is 4.88 Å². The molecule has 0 aliphatic carbocycles. The number of thiophene rings is 1. The second-order valence-corrected chi connectivity index (χ2v) is 9.01. The molecule has 0 spiro atoms. The molecule has 0 fully saturated rings. The fourth-order valence-electron chi connectivity index (χ4n) is 3.81. The number of carbonyl (C=O) groups is 2. The van der Waals surface area contributed by atoms with Gasteiger partial charge in [0.25, 0.3) is 0 Å². The number of para-hydroxylation sites is 1. The van der Waals surface area contributed by atoms with Crippen LogP contribution in [0.5, 0.6) is 5.75 Å². The molecule has 1 N–H and O–H groups in total. The van der Waals surface area contributed by atoms with Crippen molar-refractivity contribution < 1.29 is 14.3 Å². The van der Waals surface area contributed by atoms with Gasteiger partial charge in [0, 0.05) is 24.5 Å². The molecule has 6 nitrogen and oxygen atoms in total. The van der Waals surface area contributed by atoms with E-state index in [9.17, 15) is 9.59 Å². The van der Waals surface area contributed by atoms with Gasteiger partial charge >= 0.3 is 6.03 Å². The van der Waals surface area contributed by atoms with Gasteiger partial charge in [0.05, 0.1) is 6.04 Å². The molecule has 31 heavy (non-hydrogen) atoms. The average molecular weight is 444 g/mol. The van der Waals surface area contributed by atoms with Crippen LogP contribution in [0.15, 0.2) is 41.8 Å². The molecule has 0 radical (unpaired) electrons. The highest BCUT2D eigenvalue weighted by atomic mass is 32.1. The third-order valence-electron chi connectivity index (χ3n) is 5.74. The van der Waals surface area contributed by atoms with Gasteiger partial charge in [0.1, 0.15) is 18.9 Å². The second-order valence-electron chi connectivity index (χ2n) is 8.01. The highest BCUT2D eigenvalue weighted by Gasteiger charge is 2.33. The first-order valence-corrected chi connectivity index (χ1v) is 12.0. The maximum absolute atomic E-state index is 13.4. The number of nitrogens with zero attached hydrogens (tertiary/aromatic N) is 2. The molecule has 0 saturated heterocycles. The molecule has 2 aromatic rings. The number of rotatable bonds is 9. The summed E-state index contributed by atoms with van der Waals surface area (Å²) in [4.78, 5) is 30.8. The van der Waals surface area contributed by atoms with Crippen LogP contribution in [-0.2, 0) is 11.2 Å². The smallest absolute Gasteiger partial charge is 0.317 e. The first-order valence-electron chi connectivity index (χ1n) is 11.1. The molecule has 1 aromatic heterocycles. The highest BCUT2D eigenvalue weighted by Crippen LogP contribution is 2.34. The number of hydrogen-bond acceptors (Lipinski definition) is 4. The van der Waals surface area contributed by atoms with E-state index >= 15 is 0 Å². The summed E-state index contributed by atoms with van der Waals surface area (Å²) in [6.45, 7) is 8.32. The number of benzene rings is 1. The molecule has 1 aliphatic heterocycles. The number of nitrogens with one attached hydrogen (secondary N) is 1. The maximum atomic E-state index is 13.4. The Morgan fingerprint density at radius 3 is 2.74 bits per heavy atom. The van der Waals surface area contributed by atoms with Crippen LogP contribution in [0, 0.1) is 5.92 Å². The van der Waals surface area contributed by atoms with Crippen molar-refractivity contribution in [3.8, 4) is 5.75 Å². The average Bonchev–Trinajstić information content (AvgIpc) is 3.26. The summed E-state index contributed by atoms with van der Waals surface area (Å²) in [5.41, 5.74) is 1.16. The lowest BCUT2D eigenvalue weighted by Crippen LogP contribution is -2.50. The first-order chi connectivity index (χ1) is 15.0. The minimum absolute atomic E-state index is 0.0342. The minimum Gasteiger partial charge on any atom is -0.491 e. The van der Waals surface area contributed by atoms with Crippen molar-refractivity contribution in [2.24, 2.45) is 5.92 Å². The summed E-state index contributed by atoms with van der Waals surface area (Å²) >= 11 is 1.73. The zero-order valence-corrected chi connectivity index (χ0v) is 19.5. The molecule has 0 unspecified atom stereocenters. The normalized spacial score (nSPS) is 16.4. The van der Waals surface area contributed by atoms with Gasteiger partial charge in [-0.05, 0) is 48.4 Å². The molecule has 3 rings (SSSR count). The van der Waals surface area contributed by atoms with E-state index in [1.54, 1.807) is 16.2 Å². The predicted molar refractivity (Wildman–Crippen MR) is 125 cm³/mol. The van der Waals surface area contributed by atoms with E-state index in [1.807, 2.05) is 42.2 Å². The fourth-order valence-corrected chi connectivity index (χ4v) is 4.74. The van der Waals surface area contributed by atoms with Gasteiger partial charge in [-0.2, -0.15) is 0 Å². The number of amides is 3. The molecular formula is C24H33N3O3S. The van der Waals surface area contributed by atoms with E-state index in [2.05, 4.69) is 30.6 Å². The van der Waals surface area contributed by atoms with Gasteiger partial charge in [-0.15, -0.1) is 11.3 Å². The predicted octanol–water partition coefficient (Wildman–Crippen LogP) is 4.33. The van der Waals surface area contributed by atoms with Gasteiger partial charge in [-0.3, -0.25) is 4.79 Å². The van der Waals surface area contributed by atoms with Crippen LogP contribution in [0.1, 0.15) is 43.7 Å². The van der Waals surface area contributed by atoms with Crippen molar-refractivity contribution >= 4 is 23.3 Å². The van der Waals surface area contributed by atoms with Gasteiger partial charge in [0.2, 0.25) is 5.91 Å². The number of hydrogen-bond donors (Lipinski definition) is 1. The third kappa shape index (κ3) is 6.00. The van der Waals surface area contributed by atoms with E-state index in [0.29, 0.717) is 32.2 Å². The molecule has 2 atom stereocenters. The Balaban J connectivity index is 1.75. The van der Waals surface area contributed by atoms with Gasteiger partial charge in [0.15, 0.2) is 0 Å². The van der Waals surface area contributed by atoms with E-state index in [4.69, 9.17) is 4.74 Å². The van der Waals surface area contributed by atoms with Crippen LogP contribution < -0.4 is 10.1 Å². The Morgan fingerprint density at radius 1 is 1.26 bits per heavy atom. The third-order valence-corrected chi connectivity index (χ3v) is 6.73. The molecule has 3 amide bonds. The molecule has 0 saturated carbocycles. The quantitative estimate of drug-likeness (QED) is 0.627. The van der Waals surface area contributed by atoms with Gasteiger partial charge in [-0.1, -0.05) is 38.5 Å². The molecular weight excluding hydrogens is 410 g/mol. The van der Waals surface area contributed by atoms with Crippen LogP contribution >= 0.6 is 11.3 Å². The minimum atomic E-state index is -0.179. The van der Waals surface area contributed by atoms with Crippen LogP contribution in [0.3, 0.4) is 0 Å². The number of ether oxygens (including phenoxy) is 1. The summed E-state index contributed by atoms with van der Waals surface area (Å²) in [6.07, 6.45) is 1.80. The van der Waals surface area contributed by atoms with Gasteiger partial charge < -0.3 is 19.9 Å². The molecule has 7 heteroatoms. The molecule has 1 aromatic carbocycles. The fraction of sp³-hybridized carbons (Fsp3) is 0.500. The largest absolute Gasteiger partial charge is 0.491 e. The van der Waals surface area contributed by atoms with Crippen molar-refractivity contribution in [1.29, 1.82) is 0 Å². The topological polar surface area (TPSA) is 61.9 Å². The zero-order chi connectivity index (χ0) is 22.2. The number of carbonyl (C=O) groups excluding carboxylic acids is 2. The van der Waals surface area contributed by atoms with Crippen LogP contribution in [0.25, 0.3) is 0 Å². The lowest BCUT2D eigenvalue weighted by Gasteiger charge is -2.37. The van der Waals surface area contributed by atoms with Crippen LogP contribution in [0.4, 0.5) is 4.79 Å². The molecule has 168 valence electrons. The Bertz CT molecular complexity index is 855. The van der Waals surface area contributed by atoms with Gasteiger partial charge in [-0.25, -0.2) is 4.79 Å². The van der Waals surface area contributed by atoms with Crippen LogP contribution in [-0.4, -0.2) is 54.5 Å². The SMILES string of the molecule is CCNC(=O)N(CC(=O)N1CCc2sccc2[C@@H]1COc1ccccc1)C[C@H](C)CC. The lowest BCUT2D eigenvalue weighted by molar-refractivity contribution is -0.135. The second kappa shape index (κ2) is 11.2. The highest BCUT2D eigenvalue weighted by molar-refractivity contribution is 7.10. The van der Waals surface area contributed by atoms with E-state index in [-0.39, 0.29) is 24.5 Å². The van der Waals surface area contributed by atoms with Crippen molar-refractivity contribution in [2.45, 2.75) is 39.7 Å². The Morgan fingerprint density at radius 2 is 2.03 bits per heavy atom. The number of urea groups is 1. The molecule has 0 bridgehead atoms. The summed E-state index contributed by atoms with van der Waals surface area (Å²) in [5.74, 6) is 1.09. The van der Waals surface area contributed by atoms with Crippen molar-refractivity contribution in [2.75, 3.05) is 32.8 Å². The zero-order valence-electron chi connectivity index (χ0n) is 18.7. The van der Waals surface area contributed by atoms with E-state index in [0.717, 1.165) is 24.2 Å². The standard InChI is InChI=1S/C24H33N3O3S/c1-4-18(3)15-26(24(29)25-5-2)16-23(28)27-13-11-22-20(12-14-31-22)21(27)17-30-19-9-7-6-8-10-19/h6-10,12,14,18,21H,4-5,11,13,15-17H2,1-3H3,(H,25,29)/t18-,21+/m1/s1. The maximum Gasteiger partial charge on any atom is 0.317 e. The molecule has 1 aliphatic rings. The summed E-state index contributed by atoms with van der Waals surface area (Å²) in [6, 6.07) is 11.4. The monoisotopic (exact) mass is 443 g/mol. The van der Waals surface area contributed by atoms with Crippen LogP contribution in [0.2, 0.25) is 0 Å².